The normalized spacial score (nSPS) is 34.0. The largest absolute Gasteiger partial charge is 0.323 e. The second-order valence-corrected chi connectivity index (χ2v) is 12.8. The van der Waals surface area contributed by atoms with E-state index in [1.165, 1.54) is 24.2 Å². The molecule has 7 aliphatic carbocycles. The minimum Gasteiger partial charge on any atom is -0.323 e. The second kappa shape index (κ2) is 8.13. The van der Waals surface area contributed by atoms with Gasteiger partial charge in [0, 0.05) is 30.6 Å². The van der Waals surface area contributed by atoms with Crippen LogP contribution < -0.4 is 10.8 Å². The Morgan fingerprint density at radius 1 is 1.16 bits per heavy atom. The van der Waals surface area contributed by atoms with Crippen molar-refractivity contribution >= 4 is 17.4 Å². The maximum atomic E-state index is 15.4. The number of amides is 1. The van der Waals surface area contributed by atoms with Crippen LogP contribution in [0.15, 0.2) is 29.3 Å². The summed E-state index contributed by atoms with van der Waals surface area (Å²) < 4.78 is 17.5. The lowest BCUT2D eigenvalue weighted by atomic mass is 9.44. The summed E-state index contributed by atoms with van der Waals surface area (Å²) in [6, 6.07) is 7.23. The molecule has 4 bridgehead atoms. The van der Waals surface area contributed by atoms with Crippen molar-refractivity contribution in [3.05, 3.63) is 47.0 Å². The van der Waals surface area contributed by atoms with Crippen LogP contribution in [0.5, 0.6) is 0 Å². The molecule has 7 fully saturated rings. The third kappa shape index (κ3) is 3.66. The zero-order valence-corrected chi connectivity index (χ0v) is 21.5. The Bertz CT molecular complexity index is 1250. The van der Waals surface area contributed by atoms with Gasteiger partial charge in [-0.2, -0.15) is 5.10 Å². The molecule has 2 aromatic rings. The third-order valence-corrected chi connectivity index (χ3v) is 10.6. The molecule has 0 saturated heterocycles. The van der Waals surface area contributed by atoms with E-state index in [1.807, 2.05) is 0 Å². The minimum absolute atomic E-state index is 0.0738. The van der Waals surface area contributed by atoms with Crippen molar-refractivity contribution in [1.82, 2.24) is 15.3 Å². The molecule has 1 aromatic heterocycles. The highest BCUT2D eigenvalue weighted by Gasteiger charge is 2.61. The monoisotopic (exact) mass is 505 g/mol. The number of nitrogens with one attached hydrogen (secondary N) is 2. The summed E-state index contributed by atoms with van der Waals surface area (Å²) in [6.07, 6.45) is 11.8. The van der Waals surface area contributed by atoms with E-state index in [4.69, 9.17) is 10.1 Å². The molecular formula is C29H36FN5O2. The number of aromatic nitrogens is 2. The quantitative estimate of drug-likeness (QED) is 0.274. The maximum absolute atomic E-state index is 15.4. The highest BCUT2D eigenvalue weighted by atomic mass is 19.1. The third-order valence-electron chi connectivity index (χ3n) is 10.6. The molecular weight excluding hydrogens is 469 g/mol. The molecule has 3 N–H and O–H groups in total. The molecule has 7 nitrogen and oxygen atoms in total. The number of halogens is 1. The fourth-order valence-electron chi connectivity index (χ4n) is 7.64. The minimum atomic E-state index is -0.562. The van der Waals surface area contributed by atoms with Crippen LogP contribution in [-0.2, 0) is 17.3 Å². The number of carbonyl (C=O) groups is 1. The van der Waals surface area contributed by atoms with Gasteiger partial charge < -0.3 is 5.32 Å². The van der Waals surface area contributed by atoms with Crippen molar-refractivity contribution in [3.63, 3.8) is 0 Å². The van der Waals surface area contributed by atoms with E-state index < -0.39 is 5.82 Å². The van der Waals surface area contributed by atoms with Crippen molar-refractivity contribution in [2.24, 2.45) is 28.8 Å². The van der Waals surface area contributed by atoms with E-state index in [0.29, 0.717) is 18.4 Å². The number of hydrogen-bond acceptors (Lipinski definition) is 4. The molecule has 7 aliphatic rings. The zero-order valence-electron chi connectivity index (χ0n) is 21.5. The number of hydrogen-bond donors (Lipinski definition) is 3. The van der Waals surface area contributed by atoms with Crippen molar-refractivity contribution < 1.29 is 14.4 Å². The molecule has 0 unspecified atom stereocenters. The van der Waals surface area contributed by atoms with E-state index in [2.05, 4.69) is 28.6 Å². The molecule has 0 radical (unpaired) electrons. The van der Waals surface area contributed by atoms with Crippen LogP contribution in [0, 0.1) is 22.6 Å². The topological polar surface area (TPSA) is 91.5 Å². The van der Waals surface area contributed by atoms with Gasteiger partial charge in [-0.05, 0) is 100 Å². The average molecular weight is 506 g/mol. The summed E-state index contributed by atoms with van der Waals surface area (Å²) >= 11 is 0. The number of fused-ring (bicyclic) bond motifs is 3. The van der Waals surface area contributed by atoms with E-state index in [0.717, 1.165) is 57.8 Å². The number of anilines is 1. The van der Waals surface area contributed by atoms with Gasteiger partial charge in [0.25, 0.3) is 0 Å². The predicted octanol–water partition coefficient (Wildman–Crippen LogP) is 5.19. The molecule has 1 heterocycles. The fraction of sp³-hybridized carbons (Fsp3) is 0.621. The number of aryl methyl sites for hydroxylation is 1. The molecule has 0 spiro atoms. The van der Waals surface area contributed by atoms with E-state index in [-0.39, 0.29) is 39.2 Å². The molecule has 1 aromatic carbocycles. The highest BCUT2D eigenvalue weighted by Crippen LogP contribution is 2.64. The van der Waals surface area contributed by atoms with Gasteiger partial charge in [0.1, 0.15) is 0 Å². The first-order valence-electron chi connectivity index (χ1n) is 13.9. The van der Waals surface area contributed by atoms with Crippen LogP contribution in [0.2, 0.25) is 0 Å². The lowest BCUT2D eigenvalue weighted by Crippen LogP contribution is -2.58. The number of amidine groups is 1. The summed E-state index contributed by atoms with van der Waals surface area (Å²) in [6.45, 7) is 0.544. The molecule has 196 valence electrons. The maximum Gasteiger partial charge on any atom is 0.230 e. The fourth-order valence-corrected chi connectivity index (χ4v) is 7.64. The summed E-state index contributed by atoms with van der Waals surface area (Å²) in [7, 11) is 2.08. The molecule has 8 heteroatoms. The van der Waals surface area contributed by atoms with Gasteiger partial charge in [-0.25, -0.2) is 4.39 Å². The number of nitrogens with zero attached hydrogens (tertiary/aromatic N) is 3. The van der Waals surface area contributed by atoms with Crippen LogP contribution in [0.3, 0.4) is 0 Å². The first-order valence-corrected chi connectivity index (χ1v) is 13.9. The Morgan fingerprint density at radius 2 is 1.86 bits per heavy atom. The lowest BCUT2D eigenvalue weighted by Gasteiger charge is -2.60. The number of aliphatic imine (C=N–C) groups is 1. The Balaban J connectivity index is 1.05. The Labute approximate surface area is 216 Å². The van der Waals surface area contributed by atoms with E-state index in [9.17, 15) is 10.0 Å². The zero-order chi connectivity index (χ0) is 25.4. The molecule has 1 amide bonds. The van der Waals surface area contributed by atoms with Gasteiger partial charge in [0.2, 0.25) is 5.91 Å². The van der Waals surface area contributed by atoms with E-state index in [1.54, 1.807) is 18.2 Å². The first-order chi connectivity index (χ1) is 17.8. The van der Waals surface area contributed by atoms with Crippen molar-refractivity contribution in [2.45, 2.75) is 82.0 Å². The van der Waals surface area contributed by atoms with Crippen molar-refractivity contribution in [3.8, 4) is 0 Å². The van der Waals surface area contributed by atoms with Crippen molar-refractivity contribution in [2.75, 3.05) is 11.9 Å². The second-order valence-electron chi connectivity index (χ2n) is 12.8. The van der Waals surface area contributed by atoms with Gasteiger partial charge in [0.15, 0.2) is 11.7 Å². The van der Waals surface area contributed by atoms with Crippen molar-refractivity contribution in [1.29, 1.82) is 0 Å². The number of benzene rings is 1. The number of carbonyl (C=O) groups excluding carboxylic acids is 1. The van der Waals surface area contributed by atoms with Gasteiger partial charge >= 0.3 is 0 Å². The molecule has 0 aliphatic heterocycles. The Kier molecular flexibility index (Phi) is 5.14. The van der Waals surface area contributed by atoms with Crippen LogP contribution >= 0.6 is 0 Å². The van der Waals surface area contributed by atoms with Crippen LogP contribution in [-0.4, -0.2) is 33.3 Å². The summed E-state index contributed by atoms with van der Waals surface area (Å²) in [5.41, 5.74) is 5.08. The molecule has 37 heavy (non-hydrogen) atoms. The smallest absolute Gasteiger partial charge is 0.230 e. The van der Waals surface area contributed by atoms with Gasteiger partial charge in [-0.15, -0.1) is 0 Å². The predicted molar refractivity (Wildman–Crippen MR) is 138 cm³/mol. The van der Waals surface area contributed by atoms with Gasteiger partial charge in [-0.3, -0.25) is 25.2 Å². The van der Waals surface area contributed by atoms with Gasteiger partial charge in [0.05, 0.1) is 22.4 Å². The Morgan fingerprint density at radius 3 is 2.46 bits per heavy atom. The number of hydroxylamine groups is 1. The molecule has 0 atom stereocenters. The average Bonchev–Trinajstić information content (AvgIpc) is 3.61. The first kappa shape index (κ1) is 23.4. The highest BCUT2D eigenvalue weighted by molar-refractivity contribution is 6.01. The molecule has 7 saturated carbocycles. The SMILES string of the molecule is Cn1nc(C23CCC(CN=C(NO)c4cccc(NC(=O)C56CC(C5)C6)c4F)(CC2)CC3)cc1C1CC1. The molecule has 9 rings (SSSR count). The lowest BCUT2D eigenvalue weighted by molar-refractivity contribution is -0.158. The summed E-state index contributed by atoms with van der Waals surface area (Å²) in [5.74, 6) is 0.837. The van der Waals surface area contributed by atoms with Gasteiger partial charge in [-0.1, -0.05) is 6.07 Å². The van der Waals surface area contributed by atoms with Crippen LogP contribution in [0.1, 0.15) is 93.5 Å². The van der Waals surface area contributed by atoms with Crippen LogP contribution in [0.25, 0.3) is 0 Å². The summed E-state index contributed by atoms with van der Waals surface area (Å²) in [5, 5.41) is 17.6. The van der Waals surface area contributed by atoms with Crippen LogP contribution in [0.4, 0.5) is 10.1 Å². The standard InChI is InChI=1S/C29H36FN5O2/c1-35-22(19-5-6-19)13-23(33-35)28-10-7-27(8-11-28,9-12-28)17-31-25(34-37)20-3-2-4-21(24(20)30)32-26(36)29-14-18(15-29)16-29/h2-4,13,18-19,37H,5-12,14-17H2,1H3,(H,31,34)(H,32,36). The van der Waals surface area contributed by atoms with E-state index >= 15 is 4.39 Å². The Hall–Kier alpha value is -2.74. The number of rotatable bonds is 7. The summed E-state index contributed by atoms with van der Waals surface area (Å²) in [4.78, 5) is 17.4.